The third kappa shape index (κ3) is 6.72. The van der Waals surface area contributed by atoms with Gasteiger partial charge < -0.3 is 10.2 Å². The van der Waals surface area contributed by atoms with Crippen LogP contribution in [0.3, 0.4) is 0 Å². The molecule has 1 unspecified atom stereocenters. The van der Waals surface area contributed by atoms with E-state index >= 15 is 0 Å². The first kappa shape index (κ1) is 23.2. The van der Waals surface area contributed by atoms with Gasteiger partial charge in [-0.3, -0.25) is 9.59 Å². The van der Waals surface area contributed by atoms with E-state index in [1.54, 1.807) is 43.3 Å². The van der Waals surface area contributed by atoms with Crippen LogP contribution in [0, 0.1) is 5.82 Å². The molecule has 1 N–H and O–H groups in total. The van der Waals surface area contributed by atoms with Gasteiger partial charge in [0, 0.05) is 12.1 Å². The van der Waals surface area contributed by atoms with Gasteiger partial charge in [0.2, 0.25) is 11.8 Å². The largest absolute Gasteiger partial charge is 0.350 e. The highest BCUT2D eigenvalue weighted by molar-refractivity contribution is 6.42. The number of carbonyl (C=O) groups is 2. The summed E-state index contributed by atoms with van der Waals surface area (Å²) in [4.78, 5) is 27.2. The number of rotatable bonds is 6. The summed E-state index contributed by atoms with van der Waals surface area (Å²) in [6.45, 7) is 7.38. The van der Waals surface area contributed by atoms with Crippen LogP contribution in [0.25, 0.3) is 0 Å². The van der Waals surface area contributed by atoms with Gasteiger partial charge in [-0.05, 0) is 57.0 Å². The highest BCUT2D eigenvalue weighted by Crippen LogP contribution is 2.24. The Hall–Kier alpha value is -2.11. The van der Waals surface area contributed by atoms with Crippen LogP contribution in [0.4, 0.5) is 4.39 Å². The summed E-state index contributed by atoms with van der Waals surface area (Å²) in [7, 11) is 0. The summed E-state index contributed by atoms with van der Waals surface area (Å²) >= 11 is 12.1. The predicted octanol–water partition coefficient (Wildman–Crippen LogP) is 5.01. The molecule has 2 rings (SSSR count). The summed E-state index contributed by atoms with van der Waals surface area (Å²) in [5.74, 6) is -1.11. The lowest BCUT2D eigenvalue weighted by Crippen LogP contribution is -2.52. The normalized spacial score (nSPS) is 12.4. The summed E-state index contributed by atoms with van der Waals surface area (Å²) < 4.78 is 14.0. The molecule has 4 nitrogen and oxygen atoms in total. The number of hydrogen-bond donors (Lipinski definition) is 1. The number of hydrogen-bond acceptors (Lipinski definition) is 2. The Morgan fingerprint density at radius 2 is 1.76 bits per heavy atom. The highest BCUT2D eigenvalue weighted by Gasteiger charge is 2.29. The van der Waals surface area contributed by atoms with Gasteiger partial charge in [-0.1, -0.05) is 47.5 Å². The smallest absolute Gasteiger partial charge is 0.242 e. The molecule has 156 valence electrons. The van der Waals surface area contributed by atoms with Crippen LogP contribution in [-0.2, 0) is 22.6 Å². The molecule has 0 spiro atoms. The summed E-state index contributed by atoms with van der Waals surface area (Å²) in [6.07, 6.45) is -0.152. The predicted molar refractivity (Wildman–Crippen MR) is 114 cm³/mol. The molecule has 0 aromatic heterocycles. The zero-order chi connectivity index (χ0) is 21.8. The molecule has 0 aliphatic rings. The number of nitrogens with zero attached hydrogens (tertiary/aromatic N) is 1. The van der Waals surface area contributed by atoms with Gasteiger partial charge in [0.15, 0.2) is 0 Å². The van der Waals surface area contributed by atoms with Crippen molar-refractivity contribution in [1.29, 1.82) is 0 Å². The Bertz CT molecular complexity index is 897. The molecule has 0 bridgehead atoms. The first-order chi connectivity index (χ1) is 13.5. The number of benzene rings is 2. The quantitative estimate of drug-likeness (QED) is 0.688. The van der Waals surface area contributed by atoms with Gasteiger partial charge in [-0.2, -0.15) is 0 Å². The lowest BCUT2D eigenvalue weighted by molar-refractivity contribution is -0.140. The van der Waals surface area contributed by atoms with Crippen molar-refractivity contribution in [1.82, 2.24) is 10.2 Å². The molecule has 1 atom stereocenters. The molecule has 0 heterocycles. The lowest BCUT2D eigenvalue weighted by Gasteiger charge is -2.31. The monoisotopic (exact) mass is 438 g/mol. The van der Waals surface area contributed by atoms with Crippen molar-refractivity contribution < 1.29 is 14.0 Å². The number of halogens is 3. The van der Waals surface area contributed by atoms with E-state index in [1.807, 2.05) is 20.8 Å². The fourth-order valence-electron chi connectivity index (χ4n) is 2.80. The zero-order valence-corrected chi connectivity index (χ0v) is 18.4. The maximum absolute atomic E-state index is 14.0. The first-order valence-electron chi connectivity index (χ1n) is 9.27. The maximum atomic E-state index is 14.0. The third-order valence-corrected chi connectivity index (χ3v) is 5.04. The Balaban J connectivity index is 2.30. The molecule has 0 saturated heterocycles. The molecule has 29 heavy (non-hydrogen) atoms. The maximum Gasteiger partial charge on any atom is 0.242 e. The van der Waals surface area contributed by atoms with E-state index in [0.29, 0.717) is 10.0 Å². The second-order valence-corrected chi connectivity index (χ2v) is 8.77. The summed E-state index contributed by atoms with van der Waals surface area (Å²) in [5, 5.41) is 3.64. The van der Waals surface area contributed by atoms with Crippen LogP contribution in [0.15, 0.2) is 42.5 Å². The van der Waals surface area contributed by atoms with E-state index in [2.05, 4.69) is 5.32 Å². The second-order valence-electron chi connectivity index (χ2n) is 7.95. The zero-order valence-electron chi connectivity index (χ0n) is 16.9. The van der Waals surface area contributed by atoms with Crippen LogP contribution >= 0.6 is 23.2 Å². The summed E-state index contributed by atoms with van der Waals surface area (Å²) in [6, 6.07) is 10.4. The molecule has 0 aliphatic carbocycles. The Morgan fingerprint density at radius 3 is 2.34 bits per heavy atom. The minimum Gasteiger partial charge on any atom is -0.350 e. The van der Waals surface area contributed by atoms with Crippen LogP contribution in [-0.4, -0.2) is 28.3 Å². The fraction of sp³-hybridized carbons (Fsp3) is 0.364. The van der Waals surface area contributed by atoms with Crippen molar-refractivity contribution in [3.63, 3.8) is 0 Å². The molecule has 0 radical (unpaired) electrons. The third-order valence-electron chi connectivity index (χ3n) is 4.30. The van der Waals surface area contributed by atoms with E-state index in [4.69, 9.17) is 23.2 Å². The topological polar surface area (TPSA) is 49.4 Å². The highest BCUT2D eigenvalue weighted by atomic mass is 35.5. The molecule has 2 aromatic carbocycles. The Kier molecular flexibility index (Phi) is 7.66. The summed E-state index contributed by atoms with van der Waals surface area (Å²) in [5.41, 5.74) is 0.548. The van der Waals surface area contributed by atoms with Gasteiger partial charge in [0.25, 0.3) is 0 Å². The van der Waals surface area contributed by atoms with Crippen molar-refractivity contribution in [2.45, 2.75) is 52.2 Å². The van der Waals surface area contributed by atoms with Crippen LogP contribution in [0.1, 0.15) is 38.8 Å². The number of amides is 2. The van der Waals surface area contributed by atoms with E-state index in [1.165, 1.54) is 11.0 Å². The van der Waals surface area contributed by atoms with E-state index in [0.717, 1.165) is 5.56 Å². The SMILES string of the molecule is CC(C(=O)NC(C)(C)C)N(Cc1ccc(Cl)c(Cl)c1)C(=O)Cc1ccccc1F. The molecule has 0 saturated carbocycles. The van der Waals surface area contributed by atoms with Crippen LogP contribution in [0.2, 0.25) is 10.0 Å². The average molecular weight is 439 g/mol. The molecule has 2 aromatic rings. The van der Waals surface area contributed by atoms with Crippen molar-refractivity contribution in [2.75, 3.05) is 0 Å². The molecule has 0 fully saturated rings. The van der Waals surface area contributed by atoms with Gasteiger partial charge >= 0.3 is 0 Å². The Labute approximate surface area is 181 Å². The fourth-order valence-corrected chi connectivity index (χ4v) is 3.12. The van der Waals surface area contributed by atoms with E-state index in [-0.39, 0.29) is 30.3 Å². The average Bonchev–Trinajstić information content (AvgIpc) is 2.62. The van der Waals surface area contributed by atoms with Crippen molar-refractivity contribution in [3.05, 3.63) is 69.5 Å². The van der Waals surface area contributed by atoms with Crippen LogP contribution < -0.4 is 5.32 Å². The van der Waals surface area contributed by atoms with E-state index < -0.39 is 17.4 Å². The van der Waals surface area contributed by atoms with E-state index in [9.17, 15) is 14.0 Å². The van der Waals surface area contributed by atoms with Crippen molar-refractivity contribution in [2.24, 2.45) is 0 Å². The van der Waals surface area contributed by atoms with Gasteiger partial charge in [-0.25, -0.2) is 4.39 Å². The number of nitrogens with one attached hydrogen (secondary N) is 1. The van der Waals surface area contributed by atoms with Gasteiger partial charge in [0.05, 0.1) is 16.5 Å². The van der Waals surface area contributed by atoms with Gasteiger partial charge in [0.1, 0.15) is 11.9 Å². The first-order valence-corrected chi connectivity index (χ1v) is 10.0. The molecule has 2 amide bonds. The van der Waals surface area contributed by atoms with Crippen molar-refractivity contribution >= 4 is 35.0 Å². The second kappa shape index (κ2) is 9.59. The molecule has 7 heteroatoms. The molecule has 0 aliphatic heterocycles. The Morgan fingerprint density at radius 1 is 1.10 bits per heavy atom. The van der Waals surface area contributed by atoms with Gasteiger partial charge in [-0.15, -0.1) is 0 Å². The minimum atomic E-state index is -0.761. The molecular weight excluding hydrogens is 414 g/mol. The standard InChI is InChI=1S/C22H25Cl2FN2O2/c1-14(21(29)26-22(2,3)4)27(13-15-9-10-17(23)18(24)11-15)20(28)12-16-7-5-6-8-19(16)25/h5-11,14H,12-13H2,1-4H3,(H,26,29). The number of carbonyl (C=O) groups excluding carboxylic acids is 2. The minimum absolute atomic E-state index is 0.142. The molecular formula is C22H25Cl2FN2O2. The van der Waals surface area contributed by atoms with Crippen LogP contribution in [0.5, 0.6) is 0 Å². The van der Waals surface area contributed by atoms with Crippen molar-refractivity contribution in [3.8, 4) is 0 Å². The lowest BCUT2D eigenvalue weighted by atomic mass is 10.1.